The normalized spacial score (nSPS) is 11.8. The van der Waals surface area contributed by atoms with Crippen molar-refractivity contribution in [3.63, 3.8) is 0 Å². The fraction of sp³-hybridized carbons (Fsp3) is 0.0714. The largest absolute Gasteiger partial charge is 0.418 e. The predicted octanol–water partition coefficient (Wildman–Crippen LogP) is 5.71. The number of benzene rings is 2. The molecule has 0 saturated heterocycles. The van der Waals surface area contributed by atoms with Crippen LogP contribution in [0.1, 0.15) is 5.56 Å². The molecule has 21 heavy (non-hydrogen) atoms. The van der Waals surface area contributed by atoms with Crippen molar-refractivity contribution >= 4 is 44.0 Å². The van der Waals surface area contributed by atoms with E-state index in [1.54, 1.807) is 6.07 Å². The molecule has 0 radical (unpaired) electrons. The van der Waals surface area contributed by atoms with Gasteiger partial charge in [0, 0.05) is 0 Å². The summed E-state index contributed by atoms with van der Waals surface area (Å²) in [6.07, 6.45) is -4.48. The number of nitrogens with zero attached hydrogens (tertiary/aromatic N) is 1. The Balaban J connectivity index is 2.05. The number of hydrogen-bond acceptors (Lipinski definition) is 3. The van der Waals surface area contributed by atoms with Gasteiger partial charge in [-0.05, 0) is 24.3 Å². The minimum Gasteiger partial charge on any atom is -0.330 e. The van der Waals surface area contributed by atoms with Crippen molar-refractivity contribution in [1.82, 2.24) is 4.98 Å². The molecule has 0 spiro atoms. The third kappa shape index (κ3) is 2.82. The molecule has 0 amide bonds. The number of hydrogen-bond donors (Lipinski definition) is 1. The van der Waals surface area contributed by atoms with Crippen molar-refractivity contribution in [2.45, 2.75) is 6.18 Å². The Labute approximate surface area is 127 Å². The Morgan fingerprint density at radius 3 is 2.52 bits per heavy atom. The summed E-state index contributed by atoms with van der Waals surface area (Å²) in [5, 5.41) is 3.07. The summed E-state index contributed by atoms with van der Waals surface area (Å²) in [7, 11) is 0. The molecule has 0 atom stereocenters. The highest BCUT2D eigenvalue weighted by atomic mass is 35.5. The van der Waals surface area contributed by atoms with Gasteiger partial charge in [-0.25, -0.2) is 4.98 Å². The summed E-state index contributed by atoms with van der Waals surface area (Å²) >= 11 is 7.17. The van der Waals surface area contributed by atoms with E-state index in [9.17, 15) is 13.2 Å². The van der Waals surface area contributed by atoms with Gasteiger partial charge in [-0.15, -0.1) is 0 Å². The van der Waals surface area contributed by atoms with Crippen molar-refractivity contribution in [1.29, 1.82) is 0 Å². The number of anilines is 2. The van der Waals surface area contributed by atoms with E-state index >= 15 is 0 Å². The maximum atomic E-state index is 13.0. The van der Waals surface area contributed by atoms with Crippen molar-refractivity contribution in [3.05, 3.63) is 53.1 Å². The zero-order valence-electron chi connectivity index (χ0n) is 10.4. The molecular formula is C14H8ClF3N2S. The summed E-state index contributed by atoms with van der Waals surface area (Å²) in [5.74, 6) is 0. The molecule has 108 valence electrons. The number of nitrogens with one attached hydrogen (secondary N) is 1. The molecule has 1 heterocycles. The first-order chi connectivity index (χ1) is 9.95. The molecule has 0 aliphatic heterocycles. The monoisotopic (exact) mass is 328 g/mol. The Hall–Kier alpha value is -1.79. The van der Waals surface area contributed by atoms with Crippen LogP contribution in [0.2, 0.25) is 5.02 Å². The van der Waals surface area contributed by atoms with E-state index in [0.717, 1.165) is 16.3 Å². The molecule has 0 fully saturated rings. The summed E-state index contributed by atoms with van der Waals surface area (Å²) in [6.45, 7) is 0. The van der Waals surface area contributed by atoms with E-state index in [2.05, 4.69) is 10.3 Å². The number of para-hydroxylation sites is 2. The van der Waals surface area contributed by atoms with Crippen molar-refractivity contribution in [3.8, 4) is 0 Å². The number of rotatable bonds is 2. The van der Waals surface area contributed by atoms with Crippen molar-refractivity contribution in [2.75, 3.05) is 5.32 Å². The minimum atomic E-state index is -4.48. The van der Waals surface area contributed by atoms with Gasteiger partial charge < -0.3 is 5.32 Å². The lowest BCUT2D eigenvalue weighted by Crippen LogP contribution is -2.09. The molecule has 1 aromatic heterocycles. The molecule has 1 N–H and O–H groups in total. The van der Waals surface area contributed by atoms with Gasteiger partial charge in [0.15, 0.2) is 5.13 Å². The summed E-state index contributed by atoms with van der Waals surface area (Å²) < 4.78 is 39.9. The molecule has 0 aliphatic carbocycles. The number of fused-ring (bicyclic) bond motifs is 1. The van der Waals surface area contributed by atoms with Gasteiger partial charge in [0.25, 0.3) is 0 Å². The van der Waals surface area contributed by atoms with E-state index in [4.69, 9.17) is 11.6 Å². The molecule has 3 aromatic rings. The molecule has 0 unspecified atom stereocenters. The predicted molar refractivity (Wildman–Crippen MR) is 79.4 cm³/mol. The zero-order chi connectivity index (χ0) is 15.0. The van der Waals surface area contributed by atoms with Gasteiger partial charge in [0.1, 0.15) is 0 Å². The van der Waals surface area contributed by atoms with E-state index in [0.29, 0.717) is 5.13 Å². The summed E-state index contributed by atoms with van der Waals surface area (Å²) in [6, 6.07) is 11.0. The number of halogens is 4. The lowest BCUT2D eigenvalue weighted by molar-refractivity contribution is -0.136. The average Bonchev–Trinajstić information content (AvgIpc) is 2.82. The molecule has 7 heteroatoms. The van der Waals surface area contributed by atoms with E-state index < -0.39 is 11.7 Å². The van der Waals surface area contributed by atoms with Crippen LogP contribution in [0.4, 0.5) is 24.0 Å². The SMILES string of the molecule is FC(F)(F)c1cccc(Cl)c1Nc1nc2ccccc2s1. The maximum absolute atomic E-state index is 13.0. The van der Waals surface area contributed by atoms with Crippen LogP contribution in [-0.4, -0.2) is 4.98 Å². The van der Waals surface area contributed by atoms with E-state index in [1.807, 2.05) is 18.2 Å². The first kappa shape index (κ1) is 14.2. The van der Waals surface area contributed by atoms with Gasteiger partial charge in [-0.1, -0.05) is 41.1 Å². The quantitative estimate of drug-likeness (QED) is 0.651. The van der Waals surface area contributed by atoms with Crippen molar-refractivity contribution < 1.29 is 13.2 Å². The first-order valence-electron chi connectivity index (χ1n) is 5.93. The Bertz CT molecular complexity index is 765. The molecule has 3 rings (SSSR count). The van der Waals surface area contributed by atoms with E-state index in [1.165, 1.54) is 23.5 Å². The maximum Gasteiger partial charge on any atom is 0.418 e. The van der Waals surface area contributed by atoms with Crippen LogP contribution >= 0.6 is 22.9 Å². The minimum absolute atomic E-state index is 0.00378. The molecule has 2 aromatic carbocycles. The Kier molecular flexibility index (Phi) is 3.51. The average molecular weight is 329 g/mol. The van der Waals surface area contributed by atoms with Crippen LogP contribution in [0.25, 0.3) is 10.2 Å². The molecule has 0 aliphatic rings. The van der Waals surface area contributed by atoms with Crippen LogP contribution in [-0.2, 0) is 6.18 Å². The van der Waals surface area contributed by atoms with Crippen LogP contribution in [0, 0.1) is 0 Å². The van der Waals surface area contributed by atoms with Gasteiger partial charge >= 0.3 is 6.18 Å². The van der Waals surface area contributed by atoms with Crippen LogP contribution < -0.4 is 5.32 Å². The Morgan fingerprint density at radius 2 is 1.81 bits per heavy atom. The first-order valence-corrected chi connectivity index (χ1v) is 7.13. The lowest BCUT2D eigenvalue weighted by atomic mass is 10.1. The highest BCUT2D eigenvalue weighted by molar-refractivity contribution is 7.22. The highest BCUT2D eigenvalue weighted by Crippen LogP contribution is 2.40. The van der Waals surface area contributed by atoms with E-state index in [-0.39, 0.29) is 10.7 Å². The smallest absolute Gasteiger partial charge is 0.330 e. The highest BCUT2D eigenvalue weighted by Gasteiger charge is 2.34. The lowest BCUT2D eigenvalue weighted by Gasteiger charge is -2.14. The third-order valence-electron chi connectivity index (χ3n) is 2.84. The fourth-order valence-electron chi connectivity index (χ4n) is 1.92. The second-order valence-electron chi connectivity index (χ2n) is 4.27. The van der Waals surface area contributed by atoms with Gasteiger partial charge in [0.05, 0.1) is 26.5 Å². The topological polar surface area (TPSA) is 24.9 Å². The number of aromatic nitrogens is 1. The van der Waals surface area contributed by atoms with Crippen LogP contribution in [0.3, 0.4) is 0 Å². The molecular weight excluding hydrogens is 321 g/mol. The second-order valence-corrected chi connectivity index (χ2v) is 5.71. The van der Waals surface area contributed by atoms with Gasteiger partial charge in [0.2, 0.25) is 0 Å². The van der Waals surface area contributed by atoms with Gasteiger partial charge in [-0.3, -0.25) is 0 Å². The van der Waals surface area contributed by atoms with Crippen LogP contribution in [0.15, 0.2) is 42.5 Å². The summed E-state index contributed by atoms with van der Waals surface area (Å²) in [4.78, 5) is 4.25. The van der Waals surface area contributed by atoms with Gasteiger partial charge in [-0.2, -0.15) is 13.2 Å². The second kappa shape index (κ2) is 5.20. The zero-order valence-corrected chi connectivity index (χ0v) is 12.0. The van der Waals surface area contributed by atoms with Crippen molar-refractivity contribution in [2.24, 2.45) is 0 Å². The fourth-order valence-corrected chi connectivity index (χ4v) is 3.01. The molecule has 0 saturated carbocycles. The van der Waals surface area contributed by atoms with Crippen LogP contribution in [0.5, 0.6) is 0 Å². The third-order valence-corrected chi connectivity index (χ3v) is 4.11. The molecule has 2 nitrogen and oxygen atoms in total. The number of alkyl halides is 3. The summed E-state index contributed by atoms with van der Waals surface area (Å²) in [5.41, 5.74) is -0.259. The number of thiazole rings is 1. The molecule has 0 bridgehead atoms. The standard InChI is InChI=1S/C14H8ClF3N2S/c15-9-5-3-4-8(14(16,17)18)12(9)20-13-19-10-6-1-2-7-11(10)21-13/h1-7H,(H,19,20). The Morgan fingerprint density at radius 1 is 1.05 bits per heavy atom.